The summed E-state index contributed by atoms with van der Waals surface area (Å²) in [6.07, 6.45) is 6.75. The number of amides is 2. The van der Waals surface area contributed by atoms with Gasteiger partial charge in [-0.25, -0.2) is 0 Å². The van der Waals surface area contributed by atoms with Gasteiger partial charge in [-0.15, -0.1) is 0 Å². The molecule has 7 heteroatoms. The van der Waals surface area contributed by atoms with Crippen LogP contribution in [0.3, 0.4) is 0 Å². The number of carbonyl (C=O) groups excluding carboxylic acids is 2. The van der Waals surface area contributed by atoms with E-state index in [0.717, 1.165) is 19.4 Å². The first kappa shape index (κ1) is 15.7. The first-order valence-corrected chi connectivity index (χ1v) is 9.80. The molecule has 2 amide bonds. The molecule has 3 heterocycles. The van der Waals surface area contributed by atoms with Crippen molar-refractivity contribution in [1.29, 1.82) is 0 Å². The monoisotopic (exact) mass is 347 g/mol. The van der Waals surface area contributed by atoms with Gasteiger partial charge < -0.3 is 9.80 Å². The van der Waals surface area contributed by atoms with E-state index in [1.807, 2.05) is 4.90 Å². The molecule has 2 saturated heterocycles. The summed E-state index contributed by atoms with van der Waals surface area (Å²) in [4.78, 5) is 32.0. The van der Waals surface area contributed by atoms with E-state index in [0.29, 0.717) is 37.4 Å². The standard InChI is InChI=1S/C17H21N3O3S/c21-15-12-24(23)17(20(15)11-13-3-4-13)5-8-19(9-6-17)16(22)14-2-1-7-18-10-14/h1-2,7,10,13H,3-6,8-9,11-12H2. The van der Waals surface area contributed by atoms with E-state index in [-0.39, 0.29) is 17.6 Å². The lowest BCUT2D eigenvalue weighted by atomic mass is 10.0. The maximum absolute atomic E-state index is 12.7. The Morgan fingerprint density at radius 2 is 2.08 bits per heavy atom. The van der Waals surface area contributed by atoms with Crippen molar-refractivity contribution in [2.24, 2.45) is 5.92 Å². The summed E-state index contributed by atoms with van der Waals surface area (Å²) in [5, 5.41) is 0. The Hall–Kier alpha value is -1.76. The predicted molar refractivity (Wildman–Crippen MR) is 89.6 cm³/mol. The lowest BCUT2D eigenvalue weighted by Crippen LogP contribution is -2.56. The van der Waals surface area contributed by atoms with Crippen LogP contribution in [0.1, 0.15) is 36.0 Å². The Morgan fingerprint density at radius 1 is 1.33 bits per heavy atom. The number of hydrogen-bond donors (Lipinski definition) is 0. The van der Waals surface area contributed by atoms with Crippen molar-refractivity contribution in [2.45, 2.75) is 30.6 Å². The van der Waals surface area contributed by atoms with Gasteiger partial charge >= 0.3 is 0 Å². The van der Waals surface area contributed by atoms with Gasteiger partial charge in [0.05, 0.1) is 16.4 Å². The van der Waals surface area contributed by atoms with Crippen molar-refractivity contribution in [3.63, 3.8) is 0 Å². The second-order valence-corrected chi connectivity index (χ2v) is 8.66. The Balaban J connectivity index is 1.48. The van der Waals surface area contributed by atoms with Crippen LogP contribution in [-0.2, 0) is 15.6 Å². The zero-order valence-electron chi connectivity index (χ0n) is 13.5. The molecule has 1 aromatic heterocycles. The van der Waals surface area contributed by atoms with Gasteiger partial charge in [0.2, 0.25) is 5.91 Å². The quantitative estimate of drug-likeness (QED) is 0.818. The molecule has 2 aliphatic heterocycles. The van der Waals surface area contributed by atoms with Crippen LogP contribution in [0, 0.1) is 5.92 Å². The van der Waals surface area contributed by atoms with Crippen LogP contribution >= 0.6 is 0 Å². The summed E-state index contributed by atoms with van der Waals surface area (Å²) in [6.45, 7) is 1.81. The van der Waals surface area contributed by atoms with Crippen LogP contribution in [0.15, 0.2) is 24.5 Å². The number of hydrogen-bond acceptors (Lipinski definition) is 4. The van der Waals surface area contributed by atoms with Crippen molar-refractivity contribution in [3.05, 3.63) is 30.1 Å². The molecular formula is C17H21N3O3S. The first-order chi connectivity index (χ1) is 11.6. The summed E-state index contributed by atoms with van der Waals surface area (Å²) in [6, 6.07) is 3.51. The fraction of sp³-hybridized carbons (Fsp3) is 0.588. The minimum Gasteiger partial charge on any atom is -0.338 e. The number of carbonyl (C=O) groups is 2. The zero-order valence-corrected chi connectivity index (χ0v) is 14.3. The number of likely N-dealkylation sites (tertiary alicyclic amines) is 1. The summed E-state index contributed by atoms with van der Waals surface area (Å²) < 4.78 is 12.7. The Kier molecular flexibility index (Phi) is 3.90. The average Bonchev–Trinajstić information content (AvgIpc) is 3.40. The van der Waals surface area contributed by atoms with Crippen LogP contribution in [0.4, 0.5) is 0 Å². The summed E-state index contributed by atoms with van der Waals surface area (Å²) >= 11 is 0. The van der Waals surface area contributed by atoms with E-state index < -0.39 is 15.7 Å². The van der Waals surface area contributed by atoms with Gasteiger partial charge in [0, 0.05) is 44.9 Å². The van der Waals surface area contributed by atoms with E-state index in [1.54, 1.807) is 29.4 Å². The first-order valence-electron chi connectivity index (χ1n) is 8.48. The highest BCUT2D eigenvalue weighted by molar-refractivity contribution is 7.87. The van der Waals surface area contributed by atoms with E-state index in [4.69, 9.17) is 0 Å². The number of pyridine rings is 1. The predicted octanol–water partition coefficient (Wildman–Crippen LogP) is 1.01. The third kappa shape index (κ3) is 2.64. The molecule has 128 valence electrons. The number of piperidine rings is 1. The molecule has 24 heavy (non-hydrogen) atoms. The highest BCUT2D eigenvalue weighted by Crippen LogP contribution is 2.41. The molecule has 0 bridgehead atoms. The van der Waals surface area contributed by atoms with Gasteiger partial charge in [-0.3, -0.25) is 18.8 Å². The fourth-order valence-electron chi connectivity index (χ4n) is 3.73. The van der Waals surface area contributed by atoms with Crippen LogP contribution in [0.2, 0.25) is 0 Å². The molecule has 1 atom stereocenters. The molecule has 1 spiro atoms. The van der Waals surface area contributed by atoms with E-state index in [1.165, 1.54) is 0 Å². The molecule has 1 aromatic rings. The van der Waals surface area contributed by atoms with E-state index in [2.05, 4.69) is 4.98 Å². The third-order valence-electron chi connectivity index (χ3n) is 5.35. The van der Waals surface area contributed by atoms with Crippen molar-refractivity contribution in [1.82, 2.24) is 14.8 Å². The van der Waals surface area contributed by atoms with Gasteiger partial charge in [-0.05, 0) is 30.9 Å². The molecule has 0 aromatic carbocycles. The van der Waals surface area contributed by atoms with Gasteiger partial charge in [0.15, 0.2) is 0 Å². The van der Waals surface area contributed by atoms with E-state index >= 15 is 0 Å². The normalized spacial score (nSPS) is 26.2. The van der Waals surface area contributed by atoms with Crippen LogP contribution in [0.25, 0.3) is 0 Å². The lowest BCUT2D eigenvalue weighted by Gasteiger charge is -2.43. The van der Waals surface area contributed by atoms with Gasteiger partial charge in [-0.2, -0.15) is 0 Å². The topological polar surface area (TPSA) is 70.6 Å². The van der Waals surface area contributed by atoms with Crippen molar-refractivity contribution < 1.29 is 13.8 Å². The largest absolute Gasteiger partial charge is 0.338 e. The smallest absolute Gasteiger partial charge is 0.255 e. The maximum atomic E-state index is 12.7. The minimum atomic E-state index is -1.16. The van der Waals surface area contributed by atoms with Gasteiger partial charge in [0.25, 0.3) is 5.91 Å². The number of aromatic nitrogens is 1. The van der Waals surface area contributed by atoms with Crippen molar-refractivity contribution in [2.75, 3.05) is 25.4 Å². The maximum Gasteiger partial charge on any atom is 0.255 e. The second-order valence-electron chi connectivity index (χ2n) is 6.92. The summed E-state index contributed by atoms with van der Waals surface area (Å²) in [7, 11) is -1.16. The molecule has 1 saturated carbocycles. The molecule has 3 aliphatic rings. The average molecular weight is 347 g/mol. The van der Waals surface area contributed by atoms with E-state index in [9.17, 15) is 13.8 Å². The Morgan fingerprint density at radius 3 is 2.71 bits per heavy atom. The molecule has 0 N–H and O–H groups in total. The second kappa shape index (κ2) is 5.95. The minimum absolute atomic E-state index is 0.0206. The lowest BCUT2D eigenvalue weighted by molar-refractivity contribution is -0.131. The van der Waals surface area contributed by atoms with Crippen LogP contribution in [0.5, 0.6) is 0 Å². The molecule has 3 fully saturated rings. The van der Waals surface area contributed by atoms with Gasteiger partial charge in [-0.1, -0.05) is 0 Å². The zero-order chi connectivity index (χ0) is 16.7. The van der Waals surface area contributed by atoms with Crippen LogP contribution in [-0.4, -0.2) is 61.1 Å². The molecular weight excluding hydrogens is 326 g/mol. The Labute approximate surface area is 143 Å². The molecule has 6 nitrogen and oxygen atoms in total. The number of nitrogens with zero attached hydrogens (tertiary/aromatic N) is 3. The molecule has 4 rings (SSSR count). The SMILES string of the molecule is O=C(c1cccnc1)N1CCC2(CC1)N(CC1CC1)C(=O)CS2=O. The fourth-order valence-corrected chi connectivity index (χ4v) is 5.44. The number of rotatable bonds is 3. The molecule has 1 aliphatic carbocycles. The highest BCUT2D eigenvalue weighted by atomic mass is 32.2. The van der Waals surface area contributed by atoms with Crippen molar-refractivity contribution >= 4 is 22.6 Å². The molecule has 1 unspecified atom stereocenters. The highest BCUT2D eigenvalue weighted by Gasteiger charge is 2.54. The van der Waals surface area contributed by atoms with Gasteiger partial charge in [0.1, 0.15) is 10.6 Å². The summed E-state index contributed by atoms with van der Waals surface area (Å²) in [5.41, 5.74) is 0.576. The third-order valence-corrected chi connectivity index (χ3v) is 7.33. The van der Waals surface area contributed by atoms with Crippen molar-refractivity contribution in [3.8, 4) is 0 Å². The van der Waals surface area contributed by atoms with Crippen LogP contribution < -0.4 is 0 Å². The summed E-state index contributed by atoms with van der Waals surface area (Å²) in [5.74, 6) is 0.702. The molecule has 0 radical (unpaired) electrons. The Bertz CT molecular complexity index is 682.